The number of allylic oxidation sites excluding steroid dienone is 1. The van der Waals surface area contributed by atoms with Crippen molar-refractivity contribution in [3.63, 3.8) is 0 Å². The lowest BCUT2D eigenvalue weighted by molar-refractivity contribution is -0.139. The minimum atomic E-state index is -4.95. The molecule has 0 radical (unpaired) electrons. The Morgan fingerprint density at radius 1 is 1.27 bits per heavy atom. The fraction of sp³-hybridized carbons (Fsp3) is 0.308. The lowest BCUT2D eigenvalue weighted by atomic mass is 10.2. The number of halogens is 4. The first-order valence-electron chi connectivity index (χ1n) is 5.86. The number of azo groups is 1. The molecule has 9 heteroatoms. The van der Waals surface area contributed by atoms with Gasteiger partial charge in [-0.25, -0.2) is 13.6 Å². The Balaban J connectivity index is 3.24. The third-order valence-corrected chi connectivity index (χ3v) is 2.49. The van der Waals surface area contributed by atoms with Crippen LogP contribution in [-0.4, -0.2) is 30.5 Å². The van der Waals surface area contributed by atoms with Crippen LogP contribution in [0.1, 0.15) is 5.56 Å². The number of hydrogen-bond donors (Lipinski definition) is 1. The number of aryl methyl sites for hydroxylation is 1. The molecule has 0 heterocycles. The smallest absolute Gasteiger partial charge is 0.365 e. The minimum absolute atomic E-state index is 0.167. The molecule has 0 aliphatic carbocycles. The standard InChI is InChI=1S/C13H12F4N2O3/c1-7-3-5-8(6-4-7)18-19-9(11(21)22-2)10(20)13(16,17)12(14)15/h3-6,12,20H,1-2H3/b10-9-,19-18?. The molecule has 0 saturated carbocycles. The van der Waals surface area contributed by atoms with Crippen LogP contribution in [0.15, 0.2) is 46.0 Å². The number of rotatable bonds is 5. The van der Waals surface area contributed by atoms with E-state index in [1.807, 2.05) is 0 Å². The number of esters is 1. The summed E-state index contributed by atoms with van der Waals surface area (Å²) < 4.78 is 54.8. The molecule has 0 aliphatic rings. The van der Waals surface area contributed by atoms with Crippen molar-refractivity contribution in [1.29, 1.82) is 0 Å². The average molecular weight is 320 g/mol. The highest BCUT2D eigenvalue weighted by Crippen LogP contribution is 2.32. The monoisotopic (exact) mass is 320 g/mol. The lowest BCUT2D eigenvalue weighted by Crippen LogP contribution is -2.31. The maximum atomic E-state index is 13.1. The normalized spacial score (nSPS) is 13.4. The van der Waals surface area contributed by atoms with E-state index in [2.05, 4.69) is 15.0 Å². The fourth-order valence-corrected chi connectivity index (χ4v) is 1.26. The van der Waals surface area contributed by atoms with E-state index in [0.29, 0.717) is 0 Å². The number of benzene rings is 1. The van der Waals surface area contributed by atoms with Crippen molar-refractivity contribution < 1.29 is 32.2 Å². The highest BCUT2D eigenvalue weighted by atomic mass is 19.3. The third kappa shape index (κ3) is 4.03. The molecule has 1 rings (SSSR count). The summed E-state index contributed by atoms with van der Waals surface area (Å²) in [7, 11) is 0.817. The van der Waals surface area contributed by atoms with Gasteiger partial charge in [-0.1, -0.05) is 17.7 Å². The van der Waals surface area contributed by atoms with Gasteiger partial charge in [-0.05, 0) is 19.1 Å². The highest BCUT2D eigenvalue weighted by molar-refractivity contribution is 5.88. The summed E-state index contributed by atoms with van der Waals surface area (Å²) in [5, 5.41) is 15.8. The predicted molar refractivity (Wildman–Crippen MR) is 68.3 cm³/mol. The quantitative estimate of drug-likeness (QED) is 0.294. The molecule has 0 unspecified atom stereocenters. The van der Waals surface area contributed by atoms with Crippen molar-refractivity contribution >= 4 is 11.7 Å². The van der Waals surface area contributed by atoms with Gasteiger partial charge in [0.15, 0.2) is 0 Å². The van der Waals surface area contributed by atoms with Gasteiger partial charge in [0.1, 0.15) is 0 Å². The number of hydrogen-bond acceptors (Lipinski definition) is 5. The predicted octanol–water partition coefficient (Wildman–Crippen LogP) is 3.92. The zero-order valence-electron chi connectivity index (χ0n) is 11.6. The second kappa shape index (κ2) is 7.01. The Bertz CT molecular complexity index is 598. The Morgan fingerprint density at radius 2 is 1.82 bits per heavy atom. The summed E-state index contributed by atoms with van der Waals surface area (Å²) in [6, 6.07) is 6.17. The molecular formula is C13H12F4N2O3. The summed E-state index contributed by atoms with van der Waals surface area (Å²) in [5.74, 6) is -8.67. The molecule has 0 bridgehead atoms. The summed E-state index contributed by atoms with van der Waals surface area (Å²) in [6.07, 6.45) is -4.22. The van der Waals surface area contributed by atoms with Crippen molar-refractivity contribution in [3.05, 3.63) is 41.3 Å². The Hall–Kier alpha value is -2.45. The van der Waals surface area contributed by atoms with E-state index in [9.17, 15) is 27.5 Å². The van der Waals surface area contributed by atoms with Crippen molar-refractivity contribution in [2.24, 2.45) is 10.2 Å². The molecule has 0 spiro atoms. The van der Waals surface area contributed by atoms with Gasteiger partial charge >= 0.3 is 18.3 Å². The van der Waals surface area contributed by atoms with E-state index in [4.69, 9.17) is 0 Å². The fourth-order valence-electron chi connectivity index (χ4n) is 1.26. The molecule has 1 N–H and O–H groups in total. The minimum Gasteiger partial charge on any atom is -0.504 e. The molecule has 0 aromatic heterocycles. The molecule has 0 atom stereocenters. The van der Waals surface area contributed by atoms with Crippen LogP contribution >= 0.6 is 0 Å². The van der Waals surface area contributed by atoms with Crippen LogP contribution in [0.3, 0.4) is 0 Å². The van der Waals surface area contributed by atoms with Gasteiger partial charge < -0.3 is 9.84 Å². The van der Waals surface area contributed by atoms with E-state index in [1.54, 1.807) is 19.1 Å². The van der Waals surface area contributed by atoms with Crippen molar-refractivity contribution in [2.75, 3.05) is 7.11 Å². The molecule has 22 heavy (non-hydrogen) atoms. The second-order valence-corrected chi connectivity index (χ2v) is 4.15. The molecule has 0 aliphatic heterocycles. The summed E-state index contributed by atoms with van der Waals surface area (Å²) in [4.78, 5) is 11.3. The number of methoxy groups -OCH3 is 1. The molecule has 0 amide bonds. The maximum Gasteiger partial charge on any atom is 0.365 e. The topological polar surface area (TPSA) is 71.2 Å². The molecule has 0 saturated heterocycles. The Morgan fingerprint density at radius 3 is 2.27 bits per heavy atom. The first-order valence-corrected chi connectivity index (χ1v) is 5.86. The third-order valence-electron chi connectivity index (χ3n) is 2.49. The number of nitrogens with zero attached hydrogens (tertiary/aromatic N) is 2. The maximum absolute atomic E-state index is 13.1. The molecule has 0 fully saturated rings. The van der Waals surface area contributed by atoms with Gasteiger partial charge in [-0.3, -0.25) is 0 Å². The van der Waals surface area contributed by atoms with Crippen molar-refractivity contribution in [3.8, 4) is 0 Å². The van der Waals surface area contributed by atoms with Crippen molar-refractivity contribution in [1.82, 2.24) is 0 Å². The molecule has 1 aromatic carbocycles. The second-order valence-electron chi connectivity index (χ2n) is 4.15. The molecular weight excluding hydrogens is 308 g/mol. The number of carbonyl (C=O) groups is 1. The number of aliphatic hydroxyl groups is 1. The van der Waals surface area contributed by atoms with Crippen LogP contribution in [0.4, 0.5) is 23.2 Å². The van der Waals surface area contributed by atoms with E-state index >= 15 is 0 Å². The Kier molecular flexibility index (Phi) is 5.61. The van der Waals surface area contributed by atoms with Gasteiger partial charge in [-0.2, -0.15) is 13.9 Å². The lowest BCUT2D eigenvalue weighted by Gasteiger charge is -2.15. The van der Waals surface area contributed by atoms with Crippen molar-refractivity contribution in [2.45, 2.75) is 19.3 Å². The first kappa shape index (κ1) is 17.6. The van der Waals surface area contributed by atoms with Crippen LogP contribution in [0.5, 0.6) is 0 Å². The van der Waals surface area contributed by atoms with Crippen LogP contribution in [0.25, 0.3) is 0 Å². The van der Waals surface area contributed by atoms with Crippen LogP contribution in [0.2, 0.25) is 0 Å². The summed E-state index contributed by atoms with van der Waals surface area (Å²) in [6.45, 7) is 1.79. The SMILES string of the molecule is COC(=O)/C(N=Nc1ccc(C)cc1)=C(/O)C(F)(F)C(F)F. The largest absolute Gasteiger partial charge is 0.504 e. The first-order chi connectivity index (χ1) is 10.2. The number of ether oxygens (including phenoxy) is 1. The van der Waals surface area contributed by atoms with Crippen LogP contribution in [-0.2, 0) is 9.53 Å². The molecule has 1 aromatic rings. The molecule has 5 nitrogen and oxygen atoms in total. The van der Waals surface area contributed by atoms with Gasteiger partial charge in [0.2, 0.25) is 11.5 Å². The number of alkyl halides is 4. The highest BCUT2D eigenvalue weighted by Gasteiger charge is 2.48. The van der Waals surface area contributed by atoms with Crippen LogP contribution < -0.4 is 0 Å². The van der Waals surface area contributed by atoms with Gasteiger partial charge in [0.25, 0.3) is 0 Å². The van der Waals surface area contributed by atoms with E-state index in [1.165, 1.54) is 12.1 Å². The summed E-state index contributed by atoms with van der Waals surface area (Å²) >= 11 is 0. The van der Waals surface area contributed by atoms with Gasteiger partial charge in [0, 0.05) is 0 Å². The molecule has 120 valence electrons. The van der Waals surface area contributed by atoms with E-state index in [0.717, 1.165) is 12.7 Å². The van der Waals surface area contributed by atoms with E-state index in [-0.39, 0.29) is 5.69 Å². The zero-order chi connectivity index (χ0) is 16.9. The van der Waals surface area contributed by atoms with Crippen LogP contribution in [0, 0.1) is 6.92 Å². The average Bonchev–Trinajstić information content (AvgIpc) is 2.48. The number of aliphatic hydroxyl groups excluding tert-OH is 1. The van der Waals surface area contributed by atoms with E-state index < -0.39 is 29.8 Å². The van der Waals surface area contributed by atoms with Gasteiger partial charge in [0.05, 0.1) is 12.8 Å². The zero-order valence-corrected chi connectivity index (χ0v) is 11.6. The van der Waals surface area contributed by atoms with Gasteiger partial charge in [-0.15, -0.1) is 5.11 Å². The Labute approximate surface area is 122 Å². The summed E-state index contributed by atoms with van der Waals surface area (Å²) in [5.41, 5.74) is -0.344. The number of carbonyl (C=O) groups excluding carboxylic acids is 1.